The second-order valence-electron chi connectivity index (χ2n) is 5.41. The van der Waals surface area contributed by atoms with Crippen molar-refractivity contribution >= 4 is 11.5 Å². The van der Waals surface area contributed by atoms with Gasteiger partial charge in [0.25, 0.3) is 0 Å². The predicted octanol–water partition coefficient (Wildman–Crippen LogP) is 3.47. The first kappa shape index (κ1) is 16.5. The molecule has 0 spiro atoms. The third-order valence-electron chi connectivity index (χ3n) is 3.30. The smallest absolute Gasteiger partial charge is 0.242 e. The van der Waals surface area contributed by atoms with Crippen molar-refractivity contribution in [2.24, 2.45) is 5.92 Å². The molecule has 1 heterocycles. The van der Waals surface area contributed by atoms with E-state index in [1.807, 2.05) is 13.8 Å². The van der Waals surface area contributed by atoms with E-state index in [-0.39, 0.29) is 6.10 Å². The van der Waals surface area contributed by atoms with Crippen molar-refractivity contribution in [3.63, 3.8) is 0 Å². The van der Waals surface area contributed by atoms with Crippen molar-refractivity contribution in [3.8, 4) is 5.88 Å². The molecule has 1 rings (SSSR count). The van der Waals surface area contributed by atoms with Crippen molar-refractivity contribution in [2.75, 3.05) is 17.6 Å². The number of unbranched alkanes of at least 4 members (excludes halogenated alkanes) is 1. The highest BCUT2D eigenvalue weighted by molar-refractivity contribution is 5.66. The average Bonchev–Trinajstić information content (AvgIpc) is 2.42. The van der Waals surface area contributed by atoms with Gasteiger partial charge in [-0.1, -0.05) is 33.1 Å². The number of anilines is 2. The van der Waals surface area contributed by atoms with Crippen LogP contribution in [0.25, 0.3) is 0 Å². The summed E-state index contributed by atoms with van der Waals surface area (Å²) in [6.45, 7) is 9.23. The lowest BCUT2D eigenvalue weighted by Gasteiger charge is -2.17. The molecule has 0 aliphatic heterocycles. The maximum Gasteiger partial charge on any atom is 0.242 e. The monoisotopic (exact) mass is 280 g/mol. The largest absolute Gasteiger partial charge is 0.473 e. The number of rotatable bonds is 9. The number of nitrogens with one attached hydrogen (secondary N) is 1. The lowest BCUT2D eigenvalue weighted by Crippen LogP contribution is -2.17. The number of nitrogens with zero attached hydrogens (tertiary/aromatic N) is 2. The Hall–Kier alpha value is -1.52. The molecule has 5 heteroatoms. The molecule has 114 valence electrons. The molecule has 20 heavy (non-hydrogen) atoms. The lowest BCUT2D eigenvalue weighted by atomic mass is 9.99. The van der Waals surface area contributed by atoms with Crippen molar-refractivity contribution < 1.29 is 4.74 Å². The standard InChI is InChI=1S/C15H28N4O/c1-5-7-8-12(6-2)9-17-14-13(16)15(19-10-18-14)20-11(3)4/h10-12H,5-9,16H2,1-4H3,(H,17,18,19). The van der Waals surface area contributed by atoms with Crippen molar-refractivity contribution in [2.45, 2.75) is 59.5 Å². The summed E-state index contributed by atoms with van der Waals surface area (Å²) in [7, 11) is 0. The van der Waals surface area contributed by atoms with Crippen LogP contribution < -0.4 is 15.8 Å². The fraction of sp³-hybridized carbons (Fsp3) is 0.733. The van der Waals surface area contributed by atoms with Gasteiger partial charge in [-0.25, -0.2) is 4.98 Å². The summed E-state index contributed by atoms with van der Waals surface area (Å²) in [5.41, 5.74) is 6.54. The quantitative estimate of drug-likeness (QED) is 0.724. The van der Waals surface area contributed by atoms with Gasteiger partial charge in [-0.3, -0.25) is 0 Å². The first-order valence-corrected chi connectivity index (χ1v) is 7.59. The summed E-state index contributed by atoms with van der Waals surface area (Å²) in [5.74, 6) is 1.78. The minimum Gasteiger partial charge on any atom is -0.473 e. The molecule has 1 unspecified atom stereocenters. The van der Waals surface area contributed by atoms with Gasteiger partial charge in [-0.05, 0) is 26.2 Å². The number of ether oxygens (including phenoxy) is 1. The van der Waals surface area contributed by atoms with Crippen LogP contribution in [0, 0.1) is 5.92 Å². The fourth-order valence-electron chi connectivity index (χ4n) is 2.02. The molecule has 0 fully saturated rings. The van der Waals surface area contributed by atoms with Crippen LogP contribution in [0.4, 0.5) is 11.5 Å². The molecule has 0 saturated carbocycles. The highest BCUT2D eigenvalue weighted by Gasteiger charge is 2.12. The van der Waals surface area contributed by atoms with Crippen LogP contribution >= 0.6 is 0 Å². The average molecular weight is 280 g/mol. The molecule has 0 amide bonds. The Morgan fingerprint density at radius 2 is 2.05 bits per heavy atom. The molecule has 0 aromatic carbocycles. The SMILES string of the molecule is CCCCC(CC)CNc1ncnc(OC(C)C)c1N. The first-order valence-electron chi connectivity index (χ1n) is 7.59. The molecule has 3 N–H and O–H groups in total. The molecular formula is C15H28N4O. The van der Waals surface area contributed by atoms with Crippen molar-refractivity contribution in [3.05, 3.63) is 6.33 Å². The van der Waals surface area contributed by atoms with E-state index in [0.717, 1.165) is 13.0 Å². The first-order chi connectivity index (χ1) is 9.58. The molecule has 0 aliphatic rings. The molecular weight excluding hydrogens is 252 g/mol. The van der Waals surface area contributed by atoms with Crippen molar-refractivity contribution in [1.82, 2.24) is 9.97 Å². The van der Waals surface area contributed by atoms with Crippen LogP contribution in [0.15, 0.2) is 6.33 Å². The molecule has 0 radical (unpaired) electrons. The minimum absolute atomic E-state index is 0.0491. The van der Waals surface area contributed by atoms with Gasteiger partial charge in [-0.2, -0.15) is 4.98 Å². The van der Waals surface area contributed by atoms with Gasteiger partial charge in [-0.15, -0.1) is 0 Å². The Bertz CT molecular complexity index is 395. The summed E-state index contributed by atoms with van der Waals surface area (Å²) in [4.78, 5) is 8.28. The number of nitrogens with two attached hydrogens (primary N) is 1. The summed E-state index contributed by atoms with van der Waals surface area (Å²) in [6, 6.07) is 0. The number of nitrogen functional groups attached to an aromatic ring is 1. The summed E-state index contributed by atoms with van der Waals surface area (Å²) in [6.07, 6.45) is 6.43. The molecule has 5 nitrogen and oxygen atoms in total. The van der Waals surface area contributed by atoms with Gasteiger partial charge in [0.1, 0.15) is 12.0 Å². The Morgan fingerprint density at radius 3 is 2.65 bits per heavy atom. The third kappa shape index (κ3) is 5.23. The Morgan fingerprint density at radius 1 is 1.30 bits per heavy atom. The lowest BCUT2D eigenvalue weighted by molar-refractivity contribution is 0.234. The van der Waals surface area contributed by atoms with E-state index in [0.29, 0.717) is 23.3 Å². The van der Waals surface area contributed by atoms with E-state index < -0.39 is 0 Å². The van der Waals surface area contributed by atoms with Crippen LogP contribution in [0.3, 0.4) is 0 Å². The minimum atomic E-state index is 0.0491. The van der Waals surface area contributed by atoms with Gasteiger partial charge in [0.2, 0.25) is 5.88 Å². The number of aromatic nitrogens is 2. The molecule has 0 saturated heterocycles. The van der Waals surface area contributed by atoms with Gasteiger partial charge >= 0.3 is 0 Å². The van der Waals surface area contributed by atoms with Gasteiger partial charge in [0.05, 0.1) is 6.10 Å². The molecule has 1 aromatic heterocycles. The van der Waals surface area contributed by atoms with E-state index in [4.69, 9.17) is 10.5 Å². The van der Waals surface area contributed by atoms with E-state index >= 15 is 0 Å². The van der Waals surface area contributed by atoms with Gasteiger partial charge < -0.3 is 15.8 Å². The third-order valence-corrected chi connectivity index (χ3v) is 3.30. The van der Waals surface area contributed by atoms with Gasteiger partial charge in [0, 0.05) is 6.54 Å². The van der Waals surface area contributed by atoms with Crippen molar-refractivity contribution in [1.29, 1.82) is 0 Å². The maximum absolute atomic E-state index is 6.05. The molecule has 1 atom stereocenters. The van der Waals surface area contributed by atoms with Crippen LogP contribution in [-0.2, 0) is 0 Å². The number of hydrogen-bond acceptors (Lipinski definition) is 5. The Labute approximate surface area is 122 Å². The summed E-state index contributed by atoms with van der Waals surface area (Å²) < 4.78 is 5.57. The van der Waals surface area contributed by atoms with Crippen LogP contribution in [-0.4, -0.2) is 22.6 Å². The predicted molar refractivity (Wildman–Crippen MR) is 84.0 cm³/mol. The van der Waals surface area contributed by atoms with E-state index in [1.165, 1.54) is 25.6 Å². The maximum atomic E-state index is 6.05. The van der Waals surface area contributed by atoms with E-state index in [1.54, 1.807) is 0 Å². The fourth-order valence-corrected chi connectivity index (χ4v) is 2.02. The summed E-state index contributed by atoms with van der Waals surface area (Å²) >= 11 is 0. The van der Waals surface area contributed by atoms with Crippen LogP contribution in [0.2, 0.25) is 0 Å². The molecule has 0 bridgehead atoms. The molecule has 0 aliphatic carbocycles. The molecule has 1 aromatic rings. The topological polar surface area (TPSA) is 73.1 Å². The Balaban J connectivity index is 2.63. The zero-order valence-electron chi connectivity index (χ0n) is 13.1. The van der Waals surface area contributed by atoms with E-state index in [9.17, 15) is 0 Å². The second-order valence-corrected chi connectivity index (χ2v) is 5.41. The summed E-state index contributed by atoms with van der Waals surface area (Å²) in [5, 5.41) is 3.33. The Kier molecular flexibility index (Phi) is 7.12. The van der Waals surface area contributed by atoms with Crippen LogP contribution in [0.5, 0.6) is 5.88 Å². The zero-order chi connectivity index (χ0) is 15.0. The zero-order valence-corrected chi connectivity index (χ0v) is 13.1. The second kappa shape index (κ2) is 8.61. The highest BCUT2D eigenvalue weighted by Crippen LogP contribution is 2.26. The highest BCUT2D eigenvalue weighted by atomic mass is 16.5. The normalized spacial score (nSPS) is 12.4. The number of hydrogen-bond donors (Lipinski definition) is 2. The van der Waals surface area contributed by atoms with Crippen LogP contribution in [0.1, 0.15) is 53.4 Å². The van der Waals surface area contributed by atoms with Gasteiger partial charge in [0.15, 0.2) is 5.82 Å². The van der Waals surface area contributed by atoms with E-state index in [2.05, 4.69) is 29.1 Å².